The Morgan fingerprint density at radius 3 is 2.36 bits per heavy atom. The first-order chi connectivity index (χ1) is 13.2. The van der Waals surface area contributed by atoms with Crippen molar-refractivity contribution < 1.29 is 14.6 Å². The van der Waals surface area contributed by atoms with Crippen LogP contribution in [0.25, 0.3) is 0 Å². The molecule has 0 radical (unpaired) electrons. The molecule has 0 bridgehead atoms. The van der Waals surface area contributed by atoms with Crippen molar-refractivity contribution in [3.05, 3.63) is 70.2 Å². The summed E-state index contributed by atoms with van der Waals surface area (Å²) >= 11 is 3.46. The quantitative estimate of drug-likeness (QED) is 0.610. The van der Waals surface area contributed by atoms with Crippen LogP contribution in [0.5, 0.6) is 0 Å². The average molecular weight is 446 g/mol. The lowest BCUT2D eigenvalue weighted by Gasteiger charge is -2.46. The Morgan fingerprint density at radius 2 is 1.82 bits per heavy atom. The zero-order valence-electron chi connectivity index (χ0n) is 16.7. The molecule has 1 unspecified atom stereocenters. The van der Waals surface area contributed by atoms with E-state index in [-0.39, 0.29) is 12.1 Å². The van der Waals surface area contributed by atoms with Crippen LogP contribution in [0.2, 0.25) is 0 Å². The fourth-order valence-electron chi connectivity index (χ4n) is 4.14. The summed E-state index contributed by atoms with van der Waals surface area (Å²) in [6, 6.07) is 17.8. The molecule has 1 N–H and O–H groups in total. The minimum atomic E-state index is -0.950. The highest BCUT2D eigenvalue weighted by molar-refractivity contribution is 9.10. The van der Waals surface area contributed by atoms with Gasteiger partial charge in [-0.2, -0.15) is 0 Å². The van der Waals surface area contributed by atoms with Crippen LogP contribution in [0.15, 0.2) is 59.1 Å². The molecule has 4 nitrogen and oxygen atoms in total. The lowest BCUT2D eigenvalue weighted by Crippen LogP contribution is -2.51. The number of amides is 1. The number of cyclic esters (lactones) is 1. The van der Waals surface area contributed by atoms with E-state index in [4.69, 9.17) is 4.74 Å². The first-order valence-electron chi connectivity index (χ1n) is 9.77. The van der Waals surface area contributed by atoms with Crippen LogP contribution in [0.1, 0.15) is 57.2 Å². The van der Waals surface area contributed by atoms with Crippen LogP contribution in [0, 0.1) is 0 Å². The Morgan fingerprint density at radius 1 is 1.18 bits per heavy atom. The molecule has 2 atom stereocenters. The molecule has 3 rings (SSSR count). The number of ether oxygens (including phenoxy) is 1. The summed E-state index contributed by atoms with van der Waals surface area (Å²) in [6.07, 6.45) is 1.48. The molecular formula is C23H28BrNO3. The monoisotopic (exact) mass is 445 g/mol. The average Bonchev–Trinajstić information content (AvgIpc) is 2.65. The molecule has 5 heteroatoms. The molecule has 1 fully saturated rings. The number of carbonyl (C=O) groups is 1. The van der Waals surface area contributed by atoms with Crippen molar-refractivity contribution in [2.45, 2.75) is 57.3 Å². The molecule has 1 saturated heterocycles. The molecule has 1 aliphatic heterocycles. The lowest BCUT2D eigenvalue weighted by atomic mass is 9.80. The van der Waals surface area contributed by atoms with Gasteiger partial charge in [0, 0.05) is 23.9 Å². The first-order valence-corrected chi connectivity index (χ1v) is 10.6. The van der Waals surface area contributed by atoms with Gasteiger partial charge in [-0.1, -0.05) is 65.3 Å². The Bertz CT molecular complexity index is 801. The number of halogens is 1. The van der Waals surface area contributed by atoms with Gasteiger partial charge in [-0.15, -0.1) is 0 Å². The second-order valence-corrected chi connectivity index (χ2v) is 9.05. The third-order valence-electron chi connectivity index (χ3n) is 5.31. The molecule has 1 amide bonds. The minimum absolute atomic E-state index is 0.0310. The van der Waals surface area contributed by atoms with E-state index in [1.54, 1.807) is 13.8 Å². The van der Waals surface area contributed by atoms with Crippen LogP contribution in [-0.4, -0.2) is 28.2 Å². The first kappa shape index (κ1) is 20.9. The highest BCUT2D eigenvalue weighted by Crippen LogP contribution is 2.42. The fourth-order valence-corrected chi connectivity index (χ4v) is 4.41. The van der Waals surface area contributed by atoms with Crippen LogP contribution in [-0.2, 0) is 10.3 Å². The zero-order chi connectivity index (χ0) is 20.4. The maximum atomic E-state index is 13.1. The van der Waals surface area contributed by atoms with E-state index >= 15 is 0 Å². The van der Waals surface area contributed by atoms with E-state index in [9.17, 15) is 9.90 Å². The summed E-state index contributed by atoms with van der Waals surface area (Å²) in [4.78, 5) is 14.9. The van der Waals surface area contributed by atoms with Crippen molar-refractivity contribution in [1.29, 1.82) is 0 Å². The maximum absolute atomic E-state index is 13.1. The summed E-state index contributed by atoms with van der Waals surface area (Å²) in [6.45, 7) is 6.18. The van der Waals surface area contributed by atoms with Gasteiger partial charge in [0.1, 0.15) is 5.60 Å². The van der Waals surface area contributed by atoms with E-state index in [1.165, 1.54) is 0 Å². The van der Waals surface area contributed by atoms with Gasteiger partial charge in [-0.05, 0) is 43.5 Å². The standard InChI is InChI=1S/C23H28BrNO3/c1-4-20(17-10-12-19(24)13-11-17)25-15-14-23(28-21(25)26,16-22(2,3)27)18-8-6-5-7-9-18/h5-13,20,27H,4,14-16H2,1-3H3/t20-,23?/m0/s1. The van der Waals surface area contributed by atoms with Crippen molar-refractivity contribution >= 4 is 22.0 Å². The van der Waals surface area contributed by atoms with Gasteiger partial charge in [0.25, 0.3) is 0 Å². The summed E-state index contributed by atoms with van der Waals surface area (Å²) in [5.41, 5.74) is 0.262. The summed E-state index contributed by atoms with van der Waals surface area (Å²) in [5.74, 6) is 0. The largest absolute Gasteiger partial charge is 0.438 e. The maximum Gasteiger partial charge on any atom is 0.411 e. The fraction of sp³-hybridized carbons (Fsp3) is 0.435. The molecule has 1 heterocycles. The van der Waals surface area contributed by atoms with E-state index in [0.29, 0.717) is 19.4 Å². The van der Waals surface area contributed by atoms with Crippen LogP contribution < -0.4 is 0 Å². The van der Waals surface area contributed by atoms with Gasteiger partial charge in [0.2, 0.25) is 0 Å². The highest BCUT2D eigenvalue weighted by Gasteiger charge is 2.46. The molecule has 2 aromatic rings. The number of nitrogens with zero attached hydrogens (tertiary/aromatic N) is 1. The number of benzene rings is 2. The zero-order valence-corrected chi connectivity index (χ0v) is 18.3. The Hall–Kier alpha value is -1.85. The number of carbonyl (C=O) groups excluding carboxylic acids is 1. The Labute approximate surface area is 175 Å². The van der Waals surface area contributed by atoms with Crippen molar-refractivity contribution in [2.75, 3.05) is 6.54 Å². The van der Waals surface area contributed by atoms with E-state index in [0.717, 1.165) is 22.0 Å². The smallest absolute Gasteiger partial charge is 0.411 e. The summed E-state index contributed by atoms with van der Waals surface area (Å²) in [5, 5.41) is 10.5. The second kappa shape index (κ2) is 8.26. The molecular weight excluding hydrogens is 418 g/mol. The molecule has 0 aliphatic carbocycles. The topological polar surface area (TPSA) is 49.8 Å². The molecule has 0 spiro atoms. The van der Waals surface area contributed by atoms with Crippen molar-refractivity contribution in [3.63, 3.8) is 0 Å². The van der Waals surface area contributed by atoms with Crippen LogP contribution in [0.3, 0.4) is 0 Å². The van der Waals surface area contributed by atoms with Crippen LogP contribution in [0.4, 0.5) is 4.79 Å². The molecule has 2 aromatic carbocycles. The number of aliphatic hydroxyl groups is 1. The molecule has 150 valence electrons. The number of hydrogen-bond donors (Lipinski definition) is 1. The predicted molar refractivity (Wildman–Crippen MR) is 114 cm³/mol. The Balaban J connectivity index is 1.88. The molecule has 1 aliphatic rings. The van der Waals surface area contributed by atoms with Crippen molar-refractivity contribution in [2.24, 2.45) is 0 Å². The number of rotatable bonds is 6. The normalized spacial score (nSPS) is 21.3. The van der Waals surface area contributed by atoms with E-state index in [1.807, 2.05) is 59.5 Å². The highest BCUT2D eigenvalue weighted by atomic mass is 79.9. The van der Waals surface area contributed by atoms with Gasteiger partial charge in [-0.3, -0.25) is 0 Å². The van der Waals surface area contributed by atoms with Gasteiger partial charge in [0.05, 0.1) is 11.6 Å². The molecule has 0 aromatic heterocycles. The van der Waals surface area contributed by atoms with Crippen molar-refractivity contribution in [1.82, 2.24) is 4.90 Å². The summed E-state index contributed by atoms with van der Waals surface area (Å²) in [7, 11) is 0. The molecule has 0 saturated carbocycles. The van der Waals surface area contributed by atoms with Gasteiger partial charge >= 0.3 is 6.09 Å². The SMILES string of the molecule is CC[C@@H](c1ccc(Br)cc1)N1CCC(CC(C)(C)O)(c2ccccc2)OC1=O. The number of hydrogen-bond acceptors (Lipinski definition) is 3. The van der Waals surface area contributed by atoms with E-state index in [2.05, 4.69) is 22.9 Å². The second-order valence-electron chi connectivity index (χ2n) is 8.14. The van der Waals surface area contributed by atoms with E-state index < -0.39 is 11.2 Å². The lowest BCUT2D eigenvalue weighted by molar-refractivity contribution is -0.102. The predicted octanol–water partition coefficient (Wildman–Crippen LogP) is 5.80. The minimum Gasteiger partial charge on any atom is -0.438 e. The Kier molecular flexibility index (Phi) is 6.15. The third kappa shape index (κ3) is 4.58. The van der Waals surface area contributed by atoms with Crippen molar-refractivity contribution in [3.8, 4) is 0 Å². The van der Waals surface area contributed by atoms with Crippen LogP contribution >= 0.6 is 15.9 Å². The third-order valence-corrected chi connectivity index (χ3v) is 5.84. The van der Waals surface area contributed by atoms with Gasteiger partial charge in [0.15, 0.2) is 0 Å². The van der Waals surface area contributed by atoms with Gasteiger partial charge < -0.3 is 14.7 Å². The molecule has 28 heavy (non-hydrogen) atoms. The summed E-state index contributed by atoms with van der Waals surface area (Å²) < 4.78 is 7.11. The van der Waals surface area contributed by atoms with Gasteiger partial charge in [-0.25, -0.2) is 4.79 Å².